The summed E-state index contributed by atoms with van der Waals surface area (Å²) < 4.78 is 5.35. The fourth-order valence-corrected chi connectivity index (χ4v) is 3.44. The number of rotatable bonds is 5. The lowest BCUT2D eigenvalue weighted by molar-refractivity contribution is 0.547. The summed E-state index contributed by atoms with van der Waals surface area (Å²) in [7, 11) is 0. The molecule has 1 N–H and O–H groups in total. The zero-order valence-corrected chi connectivity index (χ0v) is 15.6. The molecule has 0 spiro atoms. The maximum absolute atomic E-state index is 11.9. The molecule has 2 aromatic carbocycles. The van der Waals surface area contributed by atoms with Crippen LogP contribution in [0.15, 0.2) is 51.7 Å². The molecule has 1 unspecified atom stereocenters. The fraction of sp³-hybridized carbons (Fsp3) is 0.250. The van der Waals surface area contributed by atoms with Crippen LogP contribution in [0.3, 0.4) is 0 Å². The van der Waals surface area contributed by atoms with Crippen molar-refractivity contribution in [1.82, 2.24) is 5.32 Å². The zero-order chi connectivity index (χ0) is 18.0. The van der Waals surface area contributed by atoms with Gasteiger partial charge in [-0.05, 0) is 48.2 Å². The van der Waals surface area contributed by atoms with Gasteiger partial charge in [-0.3, -0.25) is 0 Å². The molecule has 130 valence electrons. The van der Waals surface area contributed by atoms with E-state index in [1.807, 2.05) is 31.2 Å². The lowest BCUT2D eigenvalue weighted by Gasteiger charge is -2.16. The second kappa shape index (κ2) is 7.61. The van der Waals surface area contributed by atoms with Crippen LogP contribution in [0.1, 0.15) is 36.6 Å². The predicted octanol–water partition coefficient (Wildman–Crippen LogP) is 5.51. The van der Waals surface area contributed by atoms with Crippen LogP contribution in [0.2, 0.25) is 10.0 Å². The average Bonchev–Trinajstić information content (AvgIpc) is 2.58. The van der Waals surface area contributed by atoms with Crippen LogP contribution in [0.25, 0.3) is 11.0 Å². The van der Waals surface area contributed by atoms with Crippen molar-refractivity contribution in [1.29, 1.82) is 0 Å². The highest BCUT2D eigenvalue weighted by Gasteiger charge is 2.12. The van der Waals surface area contributed by atoms with E-state index in [4.69, 9.17) is 27.6 Å². The van der Waals surface area contributed by atoms with Crippen LogP contribution in [0.4, 0.5) is 0 Å². The SMILES string of the molecule is CCc1ccc2c(CNC(C)c3ccc(Cl)cc3Cl)cc(=O)oc2c1. The van der Waals surface area contributed by atoms with Gasteiger partial charge in [0.05, 0.1) is 0 Å². The molecule has 1 aromatic heterocycles. The summed E-state index contributed by atoms with van der Waals surface area (Å²) in [6, 6.07) is 13.0. The number of nitrogens with one attached hydrogen (secondary N) is 1. The van der Waals surface area contributed by atoms with Gasteiger partial charge in [0, 0.05) is 34.1 Å². The number of benzene rings is 2. The molecule has 0 amide bonds. The topological polar surface area (TPSA) is 42.2 Å². The molecule has 3 nitrogen and oxygen atoms in total. The summed E-state index contributed by atoms with van der Waals surface area (Å²) in [5.41, 5.74) is 3.30. The Labute approximate surface area is 156 Å². The molecule has 25 heavy (non-hydrogen) atoms. The monoisotopic (exact) mass is 375 g/mol. The number of hydrogen-bond donors (Lipinski definition) is 1. The van der Waals surface area contributed by atoms with E-state index < -0.39 is 0 Å². The van der Waals surface area contributed by atoms with Gasteiger partial charge in [0.15, 0.2) is 0 Å². The summed E-state index contributed by atoms with van der Waals surface area (Å²) in [5, 5.41) is 5.59. The van der Waals surface area contributed by atoms with Crippen molar-refractivity contribution in [3.63, 3.8) is 0 Å². The van der Waals surface area contributed by atoms with E-state index in [1.165, 1.54) is 6.07 Å². The molecule has 3 aromatic rings. The van der Waals surface area contributed by atoms with E-state index in [0.717, 1.165) is 28.5 Å². The molecule has 0 radical (unpaired) electrons. The molecule has 0 aliphatic carbocycles. The Morgan fingerprint density at radius 2 is 1.92 bits per heavy atom. The summed E-state index contributed by atoms with van der Waals surface area (Å²) in [4.78, 5) is 11.9. The molecule has 0 saturated carbocycles. The third kappa shape index (κ3) is 4.06. The maximum atomic E-state index is 11.9. The highest BCUT2D eigenvalue weighted by molar-refractivity contribution is 6.35. The van der Waals surface area contributed by atoms with Crippen LogP contribution in [-0.2, 0) is 13.0 Å². The van der Waals surface area contributed by atoms with Gasteiger partial charge in [0.25, 0.3) is 0 Å². The number of aryl methyl sites for hydroxylation is 1. The smallest absolute Gasteiger partial charge is 0.336 e. The molecule has 0 bridgehead atoms. The average molecular weight is 376 g/mol. The Bertz CT molecular complexity index is 966. The molecule has 5 heteroatoms. The van der Waals surface area contributed by atoms with Crippen LogP contribution in [-0.4, -0.2) is 0 Å². The van der Waals surface area contributed by atoms with Gasteiger partial charge in [-0.25, -0.2) is 4.79 Å². The lowest BCUT2D eigenvalue weighted by Crippen LogP contribution is -2.19. The first kappa shape index (κ1) is 18.0. The zero-order valence-electron chi connectivity index (χ0n) is 14.1. The van der Waals surface area contributed by atoms with Gasteiger partial charge in [-0.2, -0.15) is 0 Å². The Morgan fingerprint density at radius 1 is 1.12 bits per heavy atom. The van der Waals surface area contributed by atoms with Crippen LogP contribution in [0.5, 0.6) is 0 Å². The maximum Gasteiger partial charge on any atom is 0.336 e. The molecule has 1 heterocycles. The van der Waals surface area contributed by atoms with Crippen molar-refractivity contribution in [2.24, 2.45) is 0 Å². The Kier molecular flexibility index (Phi) is 5.48. The molecule has 0 saturated heterocycles. The van der Waals surface area contributed by atoms with E-state index in [2.05, 4.69) is 18.3 Å². The standard InChI is InChI=1S/C20H19Cl2NO2/c1-3-13-4-6-17-14(9-20(24)25-19(17)8-13)11-23-12(2)16-7-5-15(21)10-18(16)22/h4-10,12,23H,3,11H2,1-2H3. The van der Waals surface area contributed by atoms with Crippen LogP contribution < -0.4 is 10.9 Å². The summed E-state index contributed by atoms with van der Waals surface area (Å²) in [6.45, 7) is 4.63. The van der Waals surface area contributed by atoms with E-state index in [0.29, 0.717) is 22.2 Å². The highest BCUT2D eigenvalue weighted by Crippen LogP contribution is 2.27. The molecular weight excluding hydrogens is 357 g/mol. The second-order valence-electron chi connectivity index (χ2n) is 6.04. The summed E-state index contributed by atoms with van der Waals surface area (Å²) in [6.07, 6.45) is 0.897. The van der Waals surface area contributed by atoms with Gasteiger partial charge >= 0.3 is 5.63 Å². The van der Waals surface area contributed by atoms with Crippen LogP contribution in [0, 0.1) is 0 Å². The normalized spacial score (nSPS) is 12.5. The largest absolute Gasteiger partial charge is 0.423 e. The first-order chi connectivity index (χ1) is 12.0. The minimum Gasteiger partial charge on any atom is -0.423 e. The first-order valence-electron chi connectivity index (χ1n) is 8.22. The molecular formula is C20H19Cl2NO2. The van der Waals surface area contributed by atoms with E-state index in [-0.39, 0.29) is 11.7 Å². The third-order valence-corrected chi connectivity index (χ3v) is 4.89. The van der Waals surface area contributed by atoms with E-state index in [1.54, 1.807) is 6.07 Å². The number of halogens is 2. The van der Waals surface area contributed by atoms with Crippen molar-refractivity contribution in [2.75, 3.05) is 0 Å². The van der Waals surface area contributed by atoms with Crippen molar-refractivity contribution in [3.05, 3.63) is 79.6 Å². The lowest BCUT2D eigenvalue weighted by atomic mass is 10.0. The molecule has 1 atom stereocenters. The van der Waals surface area contributed by atoms with Crippen molar-refractivity contribution in [3.8, 4) is 0 Å². The number of hydrogen-bond acceptors (Lipinski definition) is 3. The van der Waals surface area contributed by atoms with E-state index >= 15 is 0 Å². The quantitative estimate of drug-likeness (QED) is 0.597. The third-order valence-electron chi connectivity index (χ3n) is 4.33. The van der Waals surface area contributed by atoms with Gasteiger partial charge in [-0.15, -0.1) is 0 Å². The van der Waals surface area contributed by atoms with Crippen molar-refractivity contribution in [2.45, 2.75) is 32.9 Å². The van der Waals surface area contributed by atoms with Gasteiger partial charge in [0.2, 0.25) is 0 Å². The van der Waals surface area contributed by atoms with Crippen molar-refractivity contribution >= 4 is 34.2 Å². The van der Waals surface area contributed by atoms with Gasteiger partial charge in [-0.1, -0.05) is 48.3 Å². The molecule has 0 aliphatic rings. The van der Waals surface area contributed by atoms with Gasteiger partial charge < -0.3 is 9.73 Å². The summed E-state index contributed by atoms with van der Waals surface area (Å²) in [5.74, 6) is 0. The Balaban J connectivity index is 1.86. The molecule has 0 fully saturated rings. The predicted molar refractivity (Wildman–Crippen MR) is 104 cm³/mol. The molecule has 0 aliphatic heterocycles. The van der Waals surface area contributed by atoms with E-state index in [9.17, 15) is 4.79 Å². The van der Waals surface area contributed by atoms with Crippen LogP contribution >= 0.6 is 23.2 Å². The van der Waals surface area contributed by atoms with Crippen molar-refractivity contribution < 1.29 is 4.42 Å². The highest BCUT2D eigenvalue weighted by atomic mass is 35.5. The minimum atomic E-state index is -0.338. The Hall–Kier alpha value is -1.81. The van der Waals surface area contributed by atoms with Gasteiger partial charge in [0.1, 0.15) is 5.58 Å². The first-order valence-corrected chi connectivity index (χ1v) is 8.97. The fourth-order valence-electron chi connectivity index (χ4n) is 2.87. The minimum absolute atomic E-state index is 0.0157. The Morgan fingerprint density at radius 3 is 2.64 bits per heavy atom. The second-order valence-corrected chi connectivity index (χ2v) is 6.89. The molecule has 3 rings (SSSR count). The number of fused-ring (bicyclic) bond motifs is 1. The summed E-state index contributed by atoms with van der Waals surface area (Å²) >= 11 is 12.2.